The lowest BCUT2D eigenvalue weighted by molar-refractivity contribution is -0.857. The fourth-order valence-electron chi connectivity index (χ4n) is 8.95. The number of thiocarbonyl (C=S) groups is 1. The number of quaternary nitrogens is 1. The van der Waals surface area contributed by atoms with Gasteiger partial charge >= 0.3 is 5.91 Å². The standard InChI is InChI=1S/C28H40N2OS/c1-27-16-14-22-20(10-13-24-28(22,2)17-15-26(31)30(24,3)4)21(27)11-12-23(27)29-25(32)18-19-8-6-5-7-9-19/h5-9,20-24H,10-18H2,1-4H3/p+1/t20-,21-,22-,23?,24+,27-,28+/m0/s1. The van der Waals surface area contributed by atoms with E-state index in [2.05, 4.69) is 63.6 Å². The Morgan fingerprint density at radius 1 is 1.00 bits per heavy atom. The second-order valence-corrected chi connectivity index (χ2v) is 12.8. The maximum Gasteiger partial charge on any atom is 0.313 e. The van der Waals surface area contributed by atoms with Crippen molar-refractivity contribution in [3.8, 4) is 0 Å². The van der Waals surface area contributed by atoms with E-state index >= 15 is 0 Å². The molecule has 3 nitrogen and oxygen atoms in total. The van der Waals surface area contributed by atoms with Crippen molar-refractivity contribution in [2.75, 3.05) is 14.1 Å². The molecule has 1 heterocycles. The molecule has 1 amide bonds. The second-order valence-electron chi connectivity index (χ2n) is 12.3. The summed E-state index contributed by atoms with van der Waals surface area (Å²) in [5.74, 6) is 2.84. The summed E-state index contributed by atoms with van der Waals surface area (Å²) in [5.41, 5.74) is 1.96. The maximum absolute atomic E-state index is 12.7. The van der Waals surface area contributed by atoms with Crippen molar-refractivity contribution in [2.45, 2.75) is 83.7 Å². The van der Waals surface area contributed by atoms with Crippen LogP contribution in [0.5, 0.6) is 0 Å². The van der Waals surface area contributed by atoms with Gasteiger partial charge in [0.25, 0.3) is 0 Å². The minimum atomic E-state index is 0.315. The van der Waals surface area contributed by atoms with Crippen LogP contribution in [0.4, 0.5) is 0 Å². The summed E-state index contributed by atoms with van der Waals surface area (Å²) in [7, 11) is 4.36. The molecule has 4 heteroatoms. The third-order valence-corrected chi connectivity index (χ3v) is 10.9. The van der Waals surface area contributed by atoms with Crippen LogP contribution in [0.1, 0.15) is 70.8 Å². The minimum Gasteiger partial charge on any atom is -0.376 e. The average Bonchev–Trinajstić information content (AvgIpc) is 3.08. The highest BCUT2D eigenvalue weighted by molar-refractivity contribution is 7.80. The summed E-state index contributed by atoms with van der Waals surface area (Å²) in [6.07, 6.45) is 10.4. The van der Waals surface area contributed by atoms with Gasteiger partial charge in [0.05, 0.1) is 25.5 Å². The van der Waals surface area contributed by atoms with Gasteiger partial charge in [0.2, 0.25) is 0 Å². The molecule has 3 aliphatic carbocycles. The van der Waals surface area contributed by atoms with Gasteiger partial charge in [0.15, 0.2) is 0 Å². The van der Waals surface area contributed by atoms with E-state index in [-0.39, 0.29) is 0 Å². The van der Waals surface area contributed by atoms with Crippen molar-refractivity contribution >= 4 is 23.1 Å². The fraction of sp³-hybridized carbons (Fsp3) is 0.714. The number of fused-ring (bicyclic) bond motifs is 5. The number of hydrogen-bond donors (Lipinski definition) is 1. The molecule has 1 aromatic carbocycles. The highest BCUT2D eigenvalue weighted by Gasteiger charge is 2.64. The van der Waals surface area contributed by atoms with Gasteiger partial charge in [-0.2, -0.15) is 0 Å². The van der Waals surface area contributed by atoms with E-state index in [1.165, 1.54) is 44.1 Å². The van der Waals surface area contributed by atoms with Crippen LogP contribution in [0.15, 0.2) is 30.3 Å². The number of carbonyl (C=O) groups excluding carboxylic acids is 1. The Bertz CT molecular complexity index is 898. The zero-order valence-electron chi connectivity index (χ0n) is 20.4. The first kappa shape index (κ1) is 22.5. The summed E-state index contributed by atoms with van der Waals surface area (Å²) in [4.78, 5) is 13.7. The van der Waals surface area contributed by atoms with Crippen LogP contribution in [0.25, 0.3) is 0 Å². The number of likely N-dealkylation sites (tertiary alicyclic amines) is 1. The first-order chi connectivity index (χ1) is 15.2. The fourth-order valence-corrected chi connectivity index (χ4v) is 9.26. The van der Waals surface area contributed by atoms with Crippen molar-refractivity contribution in [3.63, 3.8) is 0 Å². The van der Waals surface area contributed by atoms with Crippen molar-refractivity contribution < 1.29 is 9.28 Å². The Kier molecular flexibility index (Phi) is 5.57. The highest BCUT2D eigenvalue weighted by Crippen LogP contribution is 2.65. The zero-order valence-corrected chi connectivity index (χ0v) is 21.2. The Morgan fingerprint density at radius 3 is 2.47 bits per heavy atom. The summed E-state index contributed by atoms with van der Waals surface area (Å²) >= 11 is 5.82. The number of rotatable bonds is 3. The monoisotopic (exact) mass is 453 g/mol. The molecule has 174 valence electrons. The Balaban J connectivity index is 1.32. The van der Waals surface area contributed by atoms with Crippen LogP contribution >= 0.6 is 12.2 Å². The molecule has 7 atom stereocenters. The lowest BCUT2D eigenvalue weighted by Crippen LogP contribution is -2.68. The van der Waals surface area contributed by atoms with Crippen molar-refractivity contribution in [2.24, 2.45) is 28.6 Å². The van der Waals surface area contributed by atoms with Gasteiger partial charge in [-0.15, -0.1) is 0 Å². The molecule has 0 spiro atoms. The predicted molar refractivity (Wildman–Crippen MR) is 134 cm³/mol. The van der Waals surface area contributed by atoms with Crippen LogP contribution in [0.2, 0.25) is 0 Å². The number of nitrogens with one attached hydrogen (secondary N) is 1. The molecule has 32 heavy (non-hydrogen) atoms. The molecule has 0 aromatic heterocycles. The van der Waals surface area contributed by atoms with Crippen LogP contribution in [0.3, 0.4) is 0 Å². The maximum atomic E-state index is 12.7. The van der Waals surface area contributed by atoms with E-state index < -0.39 is 0 Å². The van der Waals surface area contributed by atoms with E-state index in [0.717, 1.165) is 42.0 Å². The minimum absolute atomic E-state index is 0.315. The number of hydrogen-bond acceptors (Lipinski definition) is 2. The largest absolute Gasteiger partial charge is 0.376 e. The molecule has 1 N–H and O–H groups in total. The molecule has 0 radical (unpaired) electrons. The number of nitrogens with zero attached hydrogens (tertiary/aromatic N) is 1. The molecule has 4 aliphatic rings. The van der Waals surface area contributed by atoms with Gasteiger partial charge in [0, 0.05) is 24.3 Å². The molecule has 1 unspecified atom stereocenters. The molecule has 1 aromatic rings. The van der Waals surface area contributed by atoms with Crippen LogP contribution in [-0.2, 0) is 11.2 Å². The topological polar surface area (TPSA) is 29.1 Å². The smallest absolute Gasteiger partial charge is 0.313 e. The van der Waals surface area contributed by atoms with Crippen LogP contribution in [-0.4, -0.2) is 41.6 Å². The molecular weight excluding hydrogens is 412 g/mol. The predicted octanol–water partition coefficient (Wildman–Crippen LogP) is 5.52. The second kappa shape index (κ2) is 7.91. The Morgan fingerprint density at radius 2 is 1.72 bits per heavy atom. The quantitative estimate of drug-likeness (QED) is 0.482. The zero-order chi connectivity index (χ0) is 22.7. The Labute approximate surface area is 199 Å². The van der Waals surface area contributed by atoms with E-state index in [9.17, 15) is 4.79 Å². The lowest BCUT2D eigenvalue weighted by atomic mass is 9.47. The molecule has 3 saturated carbocycles. The molecule has 1 aliphatic heterocycles. The van der Waals surface area contributed by atoms with Crippen molar-refractivity contribution in [3.05, 3.63) is 35.9 Å². The molecule has 1 saturated heterocycles. The van der Waals surface area contributed by atoms with Gasteiger partial charge < -0.3 is 5.32 Å². The number of carbonyl (C=O) groups is 1. The van der Waals surface area contributed by atoms with E-state index in [1.807, 2.05) is 0 Å². The molecule has 4 fully saturated rings. The van der Waals surface area contributed by atoms with Gasteiger partial charge in [-0.1, -0.05) is 56.4 Å². The van der Waals surface area contributed by atoms with E-state index in [4.69, 9.17) is 12.2 Å². The van der Waals surface area contributed by atoms with Crippen LogP contribution < -0.4 is 5.32 Å². The molecular formula is C28H41N2OS+. The summed E-state index contributed by atoms with van der Waals surface area (Å²) < 4.78 is 0.611. The first-order valence-corrected chi connectivity index (χ1v) is 13.3. The van der Waals surface area contributed by atoms with Gasteiger partial charge in [-0.3, -0.25) is 4.48 Å². The summed E-state index contributed by atoms with van der Waals surface area (Å²) in [6, 6.07) is 11.6. The van der Waals surface area contributed by atoms with E-state index in [1.54, 1.807) is 0 Å². The van der Waals surface area contributed by atoms with Crippen molar-refractivity contribution in [1.82, 2.24) is 5.32 Å². The van der Waals surface area contributed by atoms with E-state index in [0.29, 0.717) is 33.3 Å². The normalized spacial score (nSPS) is 42.5. The first-order valence-electron chi connectivity index (χ1n) is 12.9. The summed E-state index contributed by atoms with van der Waals surface area (Å²) in [5, 5.41) is 3.83. The van der Waals surface area contributed by atoms with Gasteiger partial charge in [0.1, 0.15) is 6.04 Å². The molecule has 0 bridgehead atoms. The van der Waals surface area contributed by atoms with Gasteiger partial charge in [-0.25, -0.2) is 4.79 Å². The van der Waals surface area contributed by atoms with Crippen molar-refractivity contribution in [1.29, 1.82) is 0 Å². The lowest BCUT2D eigenvalue weighted by Gasteiger charge is -2.62. The number of amides is 1. The van der Waals surface area contributed by atoms with Crippen LogP contribution in [0, 0.1) is 28.6 Å². The third-order valence-electron chi connectivity index (χ3n) is 10.7. The van der Waals surface area contributed by atoms with Gasteiger partial charge in [-0.05, 0) is 67.3 Å². The Hall–Kier alpha value is -1.26. The highest BCUT2D eigenvalue weighted by atomic mass is 32.1. The number of piperidine rings is 1. The third kappa shape index (κ3) is 3.39. The molecule has 5 rings (SSSR count). The SMILES string of the molecule is C[C@]12CCC(=O)[N+](C)(C)[C@@H]1CC[C@@H]1[C@@H]2CC[C@]2(C)C(NC(=S)Cc3ccccc3)CC[C@@H]12. The summed E-state index contributed by atoms with van der Waals surface area (Å²) in [6.45, 7) is 5.10. The average molecular weight is 454 g/mol. The number of benzene rings is 1.